The number of amides is 1. The topological polar surface area (TPSA) is 88.4 Å². The molecule has 8 nitrogen and oxygen atoms in total. The van der Waals surface area contributed by atoms with Gasteiger partial charge in [-0.2, -0.15) is 4.99 Å². The quantitative estimate of drug-likeness (QED) is 0.559. The van der Waals surface area contributed by atoms with Crippen molar-refractivity contribution in [2.24, 2.45) is 4.99 Å². The van der Waals surface area contributed by atoms with Gasteiger partial charge in [-0.15, -0.1) is 0 Å². The van der Waals surface area contributed by atoms with Gasteiger partial charge in [0.15, 0.2) is 16.3 Å². The zero-order chi connectivity index (χ0) is 21.8. The first-order valence-electron chi connectivity index (χ1n) is 8.98. The number of para-hydroxylation sites is 1. The lowest BCUT2D eigenvalue weighted by Gasteiger charge is -2.12. The van der Waals surface area contributed by atoms with Crippen molar-refractivity contribution >= 4 is 33.4 Å². The lowest BCUT2D eigenvalue weighted by molar-refractivity contribution is -0.141. The normalized spacial score (nSPS) is 11.4. The van der Waals surface area contributed by atoms with E-state index < -0.39 is 11.9 Å². The van der Waals surface area contributed by atoms with Crippen LogP contribution in [-0.2, 0) is 16.1 Å². The van der Waals surface area contributed by atoms with Crippen LogP contribution in [0.2, 0.25) is 0 Å². The molecule has 3 rings (SSSR count). The summed E-state index contributed by atoms with van der Waals surface area (Å²) in [5.41, 5.74) is 2.07. The molecule has 9 heteroatoms. The van der Waals surface area contributed by atoms with Crippen LogP contribution in [0.5, 0.6) is 17.2 Å². The maximum atomic E-state index is 13.0. The van der Waals surface area contributed by atoms with Gasteiger partial charge >= 0.3 is 5.97 Å². The Bertz CT molecular complexity index is 1150. The Morgan fingerprint density at radius 2 is 1.70 bits per heavy atom. The molecule has 0 bridgehead atoms. The number of esters is 1. The average Bonchev–Trinajstić information content (AvgIpc) is 3.10. The number of carbonyl (C=O) groups excluding carboxylic acids is 2. The van der Waals surface area contributed by atoms with Gasteiger partial charge in [-0.1, -0.05) is 23.5 Å². The van der Waals surface area contributed by atoms with Gasteiger partial charge in [0, 0.05) is 5.56 Å². The molecule has 0 aliphatic rings. The third kappa shape index (κ3) is 4.02. The fraction of sp³-hybridized carbons (Fsp3) is 0.286. The number of aromatic nitrogens is 1. The van der Waals surface area contributed by atoms with Crippen molar-refractivity contribution in [1.29, 1.82) is 0 Å². The number of hydrogen-bond acceptors (Lipinski definition) is 7. The maximum absolute atomic E-state index is 13.0. The second-order valence-corrected chi connectivity index (χ2v) is 7.31. The zero-order valence-corrected chi connectivity index (χ0v) is 18.2. The Labute approximate surface area is 177 Å². The van der Waals surface area contributed by atoms with Gasteiger partial charge in [0.1, 0.15) is 6.54 Å². The molecule has 158 valence electrons. The van der Waals surface area contributed by atoms with Crippen LogP contribution in [0.15, 0.2) is 35.3 Å². The zero-order valence-electron chi connectivity index (χ0n) is 17.3. The number of fused-ring (bicyclic) bond motifs is 1. The fourth-order valence-electron chi connectivity index (χ4n) is 3.09. The summed E-state index contributed by atoms with van der Waals surface area (Å²) in [6.45, 7) is 1.89. The Balaban J connectivity index is 2.17. The SMILES string of the molecule is COC(=O)Cn1c(=NC(=O)c2cc(OC)c(OC)c(OC)c2)sc2cccc(C)c21. The van der Waals surface area contributed by atoms with Crippen LogP contribution >= 0.6 is 11.3 Å². The highest BCUT2D eigenvalue weighted by molar-refractivity contribution is 7.16. The molecule has 0 unspecified atom stereocenters. The van der Waals surface area contributed by atoms with Crippen LogP contribution in [0.4, 0.5) is 0 Å². The van der Waals surface area contributed by atoms with Crippen molar-refractivity contribution < 1.29 is 28.5 Å². The molecular weight excluding hydrogens is 408 g/mol. The van der Waals surface area contributed by atoms with Crippen LogP contribution in [-0.4, -0.2) is 44.9 Å². The molecule has 3 aromatic rings. The van der Waals surface area contributed by atoms with Crippen molar-refractivity contribution in [3.8, 4) is 17.2 Å². The highest BCUT2D eigenvalue weighted by Gasteiger charge is 2.18. The first kappa shape index (κ1) is 21.4. The molecule has 0 fully saturated rings. The number of rotatable bonds is 6. The fourth-order valence-corrected chi connectivity index (χ4v) is 4.19. The summed E-state index contributed by atoms with van der Waals surface area (Å²) >= 11 is 1.32. The molecule has 1 aromatic heterocycles. The first-order chi connectivity index (χ1) is 14.4. The van der Waals surface area contributed by atoms with E-state index in [4.69, 9.17) is 18.9 Å². The molecular formula is C21H22N2O6S. The number of methoxy groups -OCH3 is 4. The predicted octanol–water partition coefficient (Wildman–Crippen LogP) is 2.95. The number of aryl methyl sites for hydroxylation is 1. The second-order valence-electron chi connectivity index (χ2n) is 6.30. The summed E-state index contributed by atoms with van der Waals surface area (Å²) < 4.78 is 23.3. The Kier molecular flexibility index (Phi) is 6.41. The summed E-state index contributed by atoms with van der Waals surface area (Å²) in [7, 11) is 5.76. The third-order valence-corrected chi connectivity index (χ3v) is 5.57. The molecule has 1 heterocycles. The molecule has 1 amide bonds. The molecule has 0 atom stereocenters. The van der Waals surface area contributed by atoms with Crippen molar-refractivity contribution in [3.05, 3.63) is 46.3 Å². The predicted molar refractivity (Wildman–Crippen MR) is 113 cm³/mol. The van der Waals surface area contributed by atoms with E-state index in [0.29, 0.717) is 22.0 Å². The number of carbonyl (C=O) groups is 2. The van der Waals surface area contributed by atoms with Gasteiger partial charge in [-0.05, 0) is 30.7 Å². The molecule has 0 saturated carbocycles. The van der Waals surface area contributed by atoms with Gasteiger partial charge in [0.25, 0.3) is 5.91 Å². The van der Waals surface area contributed by atoms with Gasteiger partial charge < -0.3 is 23.5 Å². The summed E-state index contributed by atoms with van der Waals surface area (Å²) in [5, 5.41) is 0. The van der Waals surface area contributed by atoms with Crippen molar-refractivity contribution in [3.63, 3.8) is 0 Å². The number of nitrogens with zero attached hydrogens (tertiary/aromatic N) is 2. The monoisotopic (exact) mass is 430 g/mol. The van der Waals surface area contributed by atoms with E-state index in [1.165, 1.54) is 51.9 Å². The number of benzene rings is 2. The van der Waals surface area contributed by atoms with Crippen molar-refractivity contribution in [2.45, 2.75) is 13.5 Å². The Morgan fingerprint density at radius 1 is 1.03 bits per heavy atom. The lowest BCUT2D eigenvalue weighted by Crippen LogP contribution is -2.22. The first-order valence-corrected chi connectivity index (χ1v) is 9.80. The van der Waals surface area contributed by atoms with Crippen LogP contribution in [0.1, 0.15) is 15.9 Å². The van der Waals surface area contributed by atoms with Gasteiger partial charge in [0.2, 0.25) is 5.75 Å². The number of thiazole rings is 1. The summed E-state index contributed by atoms with van der Waals surface area (Å²) in [4.78, 5) is 29.6. The molecule has 30 heavy (non-hydrogen) atoms. The lowest BCUT2D eigenvalue weighted by atomic mass is 10.1. The minimum Gasteiger partial charge on any atom is -0.493 e. The van der Waals surface area contributed by atoms with Gasteiger partial charge in [-0.3, -0.25) is 9.59 Å². The van der Waals surface area contributed by atoms with E-state index in [9.17, 15) is 9.59 Å². The minimum atomic E-state index is -0.503. The highest BCUT2D eigenvalue weighted by atomic mass is 32.1. The van der Waals surface area contributed by atoms with Crippen molar-refractivity contribution in [1.82, 2.24) is 4.57 Å². The van der Waals surface area contributed by atoms with Gasteiger partial charge in [-0.25, -0.2) is 0 Å². The molecule has 0 spiro atoms. The molecule has 0 aliphatic carbocycles. The van der Waals surface area contributed by atoms with E-state index in [-0.39, 0.29) is 12.1 Å². The van der Waals surface area contributed by atoms with Crippen LogP contribution in [0.25, 0.3) is 10.2 Å². The summed E-state index contributed by atoms with van der Waals surface area (Å²) in [6, 6.07) is 8.85. The van der Waals surface area contributed by atoms with E-state index in [1.54, 1.807) is 4.57 Å². The smallest absolute Gasteiger partial charge is 0.325 e. The van der Waals surface area contributed by atoms with Crippen LogP contribution < -0.4 is 19.0 Å². The Hall–Kier alpha value is -3.33. The number of hydrogen-bond donors (Lipinski definition) is 0. The number of ether oxygens (including phenoxy) is 4. The standard InChI is InChI=1S/C21H22N2O6S/c1-12-7-6-8-16-18(12)23(11-17(24)28-4)21(30-16)22-20(25)13-9-14(26-2)19(29-5)15(10-13)27-3/h6-10H,11H2,1-5H3. The maximum Gasteiger partial charge on any atom is 0.325 e. The molecule has 2 aromatic carbocycles. The van der Waals surface area contributed by atoms with E-state index >= 15 is 0 Å². The summed E-state index contributed by atoms with van der Waals surface area (Å²) in [6.07, 6.45) is 0. The van der Waals surface area contributed by atoms with Gasteiger partial charge in [0.05, 0.1) is 38.7 Å². The molecule has 0 saturated heterocycles. The molecule has 0 radical (unpaired) electrons. The second kappa shape index (κ2) is 9.00. The Morgan fingerprint density at radius 3 is 2.27 bits per heavy atom. The highest BCUT2D eigenvalue weighted by Crippen LogP contribution is 2.38. The molecule has 0 N–H and O–H groups in total. The van der Waals surface area contributed by atoms with Crippen molar-refractivity contribution in [2.75, 3.05) is 28.4 Å². The van der Waals surface area contributed by atoms with Crippen LogP contribution in [0.3, 0.4) is 0 Å². The van der Waals surface area contributed by atoms with Crippen LogP contribution in [0, 0.1) is 6.92 Å². The van der Waals surface area contributed by atoms with E-state index in [0.717, 1.165) is 15.8 Å². The minimum absolute atomic E-state index is 0.0529. The van der Waals surface area contributed by atoms with E-state index in [1.807, 2.05) is 25.1 Å². The molecule has 0 aliphatic heterocycles. The third-order valence-electron chi connectivity index (χ3n) is 4.53. The average molecular weight is 430 g/mol. The van der Waals surface area contributed by atoms with E-state index in [2.05, 4.69) is 4.99 Å². The summed E-state index contributed by atoms with van der Waals surface area (Å²) in [5.74, 6) is 0.154. The largest absolute Gasteiger partial charge is 0.493 e.